The number of nitrogens with one attached hydrogen (secondary N) is 2. The highest BCUT2D eigenvalue weighted by Gasteiger charge is 2.30. The van der Waals surface area contributed by atoms with Gasteiger partial charge in [0.05, 0.1) is 6.04 Å². The van der Waals surface area contributed by atoms with Crippen molar-refractivity contribution in [2.24, 2.45) is 0 Å². The summed E-state index contributed by atoms with van der Waals surface area (Å²) < 4.78 is 0. The van der Waals surface area contributed by atoms with Crippen LogP contribution >= 0.6 is 0 Å². The number of hydrogen-bond donors (Lipinski definition) is 2. The molecule has 2 N–H and O–H groups in total. The number of carbonyl (C=O) groups excluding carboxylic acids is 1. The molecule has 2 saturated heterocycles. The van der Waals surface area contributed by atoms with Crippen molar-refractivity contribution < 1.29 is 4.79 Å². The van der Waals surface area contributed by atoms with Gasteiger partial charge in [0, 0.05) is 38.8 Å². The molecule has 0 saturated carbocycles. The monoisotopic (exact) mass is 240 g/mol. The molecule has 98 valence electrons. The maximum atomic E-state index is 12.3. The average Bonchev–Trinajstić information content (AvgIpc) is 2.39. The van der Waals surface area contributed by atoms with E-state index in [9.17, 15) is 4.79 Å². The van der Waals surface area contributed by atoms with Gasteiger partial charge in [-0.1, -0.05) is 0 Å². The molecule has 2 aliphatic rings. The predicted molar refractivity (Wildman–Crippen MR) is 67.9 cm³/mol. The third kappa shape index (κ3) is 3.18. The van der Waals surface area contributed by atoms with Crippen LogP contribution in [0.3, 0.4) is 0 Å². The lowest BCUT2D eigenvalue weighted by atomic mass is 10.0. The molecule has 0 aliphatic carbocycles. The first-order valence-electron chi connectivity index (χ1n) is 6.58. The number of rotatable bonds is 2. The predicted octanol–water partition coefficient (Wildman–Crippen LogP) is -0.900. The standard InChI is InChI=1S/C12H24N4O/c1-15(2)10-4-3-7-16(9-10)12(17)11-8-13-5-6-14-11/h10-11,13-14H,3-9H2,1-2H3. The quantitative estimate of drug-likeness (QED) is 0.657. The Kier molecular flexibility index (Phi) is 4.36. The van der Waals surface area contributed by atoms with E-state index in [1.807, 2.05) is 4.90 Å². The lowest BCUT2D eigenvalue weighted by Crippen LogP contribution is -2.59. The van der Waals surface area contributed by atoms with E-state index in [-0.39, 0.29) is 11.9 Å². The molecule has 2 heterocycles. The molecule has 5 heteroatoms. The number of hydrogen-bond acceptors (Lipinski definition) is 4. The van der Waals surface area contributed by atoms with Crippen molar-refractivity contribution >= 4 is 5.91 Å². The lowest BCUT2D eigenvalue weighted by molar-refractivity contribution is -0.135. The molecule has 2 unspecified atom stereocenters. The molecule has 0 spiro atoms. The van der Waals surface area contributed by atoms with Crippen molar-refractivity contribution in [1.29, 1.82) is 0 Å². The van der Waals surface area contributed by atoms with Crippen molar-refractivity contribution in [2.45, 2.75) is 24.9 Å². The van der Waals surface area contributed by atoms with E-state index in [0.29, 0.717) is 6.04 Å². The molecule has 0 aromatic heterocycles. The second-order valence-corrected chi connectivity index (χ2v) is 5.25. The van der Waals surface area contributed by atoms with Gasteiger partial charge in [0.25, 0.3) is 0 Å². The minimum atomic E-state index is -0.0235. The van der Waals surface area contributed by atoms with Crippen LogP contribution in [0.1, 0.15) is 12.8 Å². The summed E-state index contributed by atoms with van der Waals surface area (Å²) in [5.74, 6) is 0.267. The molecular formula is C12H24N4O. The molecular weight excluding hydrogens is 216 g/mol. The highest BCUT2D eigenvalue weighted by atomic mass is 16.2. The molecule has 0 radical (unpaired) electrons. The van der Waals surface area contributed by atoms with Crippen molar-refractivity contribution in [2.75, 3.05) is 46.8 Å². The van der Waals surface area contributed by atoms with Gasteiger partial charge in [-0.25, -0.2) is 0 Å². The van der Waals surface area contributed by atoms with Crippen LogP contribution in [0.4, 0.5) is 0 Å². The maximum absolute atomic E-state index is 12.3. The summed E-state index contributed by atoms with van der Waals surface area (Å²) >= 11 is 0. The Hall–Kier alpha value is -0.650. The molecule has 2 aliphatic heterocycles. The van der Waals surface area contributed by atoms with Crippen LogP contribution in [0.15, 0.2) is 0 Å². The van der Waals surface area contributed by atoms with Gasteiger partial charge in [-0.15, -0.1) is 0 Å². The van der Waals surface area contributed by atoms with Gasteiger partial charge in [0.15, 0.2) is 0 Å². The van der Waals surface area contributed by atoms with E-state index in [0.717, 1.165) is 39.1 Å². The van der Waals surface area contributed by atoms with Gasteiger partial charge in [-0.2, -0.15) is 0 Å². The molecule has 2 fully saturated rings. The fraction of sp³-hybridized carbons (Fsp3) is 0.917. The summed E-state index contributed by atoms with van der Waals surface area (Å²) in [7, 11) is 4.19. The fourth-order valence-corrected chi connectivity index (χ4v) is 2.62. The van der Waals surface area contributed by atoms with Crippen LogP contribution in [0.25, 0.3) is 0 Å². The van der Waals surface area contributed by atoms with E-state index in [4.69, 9.17) is 0 Å². The Morgan fingerprint density at radius 3 is 2.82 bits per heavy atom. The van der Waals surface area contributed by atoms with Gasteiger partial charge in [-0.05, 0) is 26.9 Å². The first-order chi connectivity index (χ1) is 8.18. The summed E-state index contributed by atoms with van der Waals surface area (Å²) in [6, 6.07) is 0.494. The van der Waals surface area contributed by atoms with E-state index >= 15 is 0 Å². The number of nitrogens with zero attached hydrogens (tertiary/aromatic N) is 2. The summed E-state index contributed by atoms with van der Waals surface area (Å²) in [5.41, 5.74) is 0. The van der Waals surface area contributed by atoms with Crippen LogP contribution in [0, 0.1) is 0 Å². The van der Waals surface area contributed by atoms with Gasteiger partial charge in [-0.3, -0.25) is 4.79 Å². The number of piperazine rings is 1. The third-order valence-corrected chi connectivity index (χ3v) is 3.78. The van der Waals surface area contributed by atoms with E-state index in [1.54, 1.807) is 0 Å². The number of piperidine rings is 1. The zero-order valence-corrected chi connectivity index (χ0v) is 10.9. The van der Waals surface area contributed by atoms with Gasteiger partial charge in [0.1, 0.15) is 0 Å². The van der Waals surface area contributed by atoms with Crippen LogP contribution in [0.5, 0.6) is 0 Å². The van der Waals surface area contributed by atoms with E-state index in [1.165, 1.54) is 6.42 Å². The van der Waals surface area contributed by atoms with Crippen LogP contribution in [0.2, 0.25) is 0 Å². The maximum Gasteiger partial charge on any atom is 0.241 e. The Balaban J connectivity index is 1.89. The van der Waals surface area contributed by atoms with Crippen molar-refractivity contribution in [1.82, 2.24) is 20.4 Å². The molecule has 17 heavy (non-hydrogen) atoms. The number of carbonyl (C=O) groups is 1. The Labute approximate surface area is 104 Å². The van der Waals surface area contributed by atoms with E-state index in [2.05, 4.69) is 29.6 Å². The highest BCUT2D eigenvalue weighted by molar-refractivity contribution is 5.82. The highest BCUT2D eigenvalue weighted by Crippen LogP contribution is 2.14. The Morgan fingerprint density at radius 2 is 2.18 bits per heavy atom. The number of likely N-dealkylation sites (tertiary alicyclic amines) is 1. The summed E-state index contributed by atoms with van der Waals surface area (Å²) in [5, 5.41) is 6.56. The van der Waals surface area contributed by atoms with Crippen molar-refractivity contribution in [3.8, 4) is 0 Å². The summed E-state index contributed by atoms with van der Waals surface area (Å²) in [6.07, 6.45) is 2.32. The number of amides is 1. The molecule has 0 aromatic rings. The topological polar surface area (TPSA) is 47.6 Å². The second kappa shape index (κ2) is 5.80. The molecule has 5 nitrogen and oxygen atoms in total. The molecule has 0 aromatic carbocycles. The van der Waals surface area contributed by atoms with Gasteiger partial charge >= 0.3 is 0 Å². The third-order valence-electron chi connectivity index (χ3n) is 3.78. The smallest absolute Gasteiger partial charge is 0.241 e. The SMILES string of the molecule is CN(C)C1CCCN(C(=O)C2CNCCN2)C1. The van der Waals surface area contributed by atoms with Gasteiger partial charge in [0.2, 0.25) is 5.91 Å². The van der Waals surface area contributed by atoms with E-state index < -0.39 is 0 Å². The van der Waals surface area contributed by atoms with Crippen molar-refractivity contribution in [3.05, 3.63) is 0 Å². The van der Waals surface area contributed by atoms with Gasteiger partial charge < -0.3 is 20.4 Å². The van der Waals surface area contributed by atoms with Crippen LogP contribution in [-0.2, 0) is 4.79 Å². The van der Waals surface area contributed by atoms with Crippen LogP contribution < -0.4 is 10.6 Å². The summed E-state index contributed by atoms with van der Waals surface area (Å²) in [4.78, 5) is 16.6. The minimum absolute atomic E-state index is 0.0235. The lowest BCUT2D eigenvalue weighted by Gasteiger charge is -2.38. The fourth-order valence-electron chi connectivity index (χ4n) is 2.62. The molecule has 1 amide bonds. The van der Waals surface area contributed by atoms with Crippen LogP contribution in [-0.4, -0.2) is 74.6 Å². The van der Waals surface area contributed by atoms with Crippen molar-refractivity contribution in [3.63, 3.8) is 0 Å². The Morgan fingerprint density at radius 1 is 1.35 bits per heavy atom. The molecule has 2 rings (SSSR count). The second-order valence-electron chi connectivity index (χ2n) is 5.25. The zero-order chi connectivity index (χ0) is 12.3. The first kappa shape index (κ1) is 12.8. The average molecular weight is 240 g/mol. The molecule has 2 atom stereocenters. The molecule has 0 bridgehead atoms. The number of likely N-dealkylation sites (N-methyl/N-ethyl adjacent to an activating group) is 1. The normalized spacial score (nSPS) is 30.6. The first-order valence-corrected chi connectivity index (χ1v) is 6.58. The Bertz CT molecular complexity index is 263. The zero-order valence-electron chi connectivity index (χ0n) is 10.9. The largest absolute Gasteiger partial charge is 0.340 e. The minimum Gasteiger partial charge on any atom is -0.340 e. The summed E-state index contributed by atoms with van der Waals surface area (Å²) in [6.45, 7) is 4.42.